The van der Waals surface area contributed by atoms with Crippen molar-refractivity contribution in [2.45, 2.75) is 32.7 Å². The first kappa shape index (κ1) is 21.4. The largest absolute Gasteiger partial charge is 0.484 e. The van der Waals surface area contributed by atoms with E-state index in [1.807, 2.05) is 31.2 Å². The summed E-state index contributed by atoms with van der Waals surface area (Å²) in [5.74, 6) is 0.296. The first-order chi connectivity index (χ1) is 14.4. The van der Waals surface area contributed by atoms with E-state index in [2.05, 4.69) is 5.32 Å². The standard InChI is InChI=1S/C23H26N2O5/c1-16-6-8-20(9-7-16)29-15-22(27)24-19-10-12-25(13-11-19)23(28)18-4-3-5-21(14-18)30-17(2)26/h3-9,14,19H,10-13,15H2,1-2H3,(H,24,27). The molecule has 1 N–H and O–H groups in total. The Labute approximate surface area is 176 Å². The quantitative estimate of drug-likeness (QED) is 0.585. The van der Waals surface area contributed by atoms with Crippen molar-refractivity contribution in [3.05, 3.63) is 59.7 Å². The van der Waals surface area contributed by atoms with E-state index >= 15 is 0 Å². The average Bonchev–Trinajstić information content (AvgIpc) is 2.73. The fraction of sp³-hybridized carbons (Fsp3) is 0.348. The van der Waals surface area contributed by atoms with Crippen molar-refractivity contribution in [3.8, 4) is 11.5 Å². The van der Waals surface area contributed by atoms with E-state index < -0.39 is 5.97 Å². The lowest BCUT2D eigenvalue weighted by atomic mass is 10.0. The number of nitrogens with one attached hydrogen (secondary N) is 1. The van der Waals surface area contributed by atoms with E-state index in [1.54, 1.807) is 29.2 Å². The van der Waals surface area contributed by atoms with Gasteiger partial charge in [-0.25, -0.2) is 0 Å². The highest BCUT2D eigenvalue weighted by Crippen LogP contribution is 2.18. The van der Waals surface area contributed by atoms with E-state index in [1.165, 1.54) is 6.92 Å². The summed E-state index contributed by atoms with van der Waals surface area (Å²) in [6, 6.07) is 14.1. The minimum atomic E-state index is -0.428. The molecule has 0 radical (unpaired) electrons. The number of amides is 2. The molecule has 158 valence electrons. The van der Waals surface area contributed by atoms with Crippen LogP contribution in [0.5, 0.6) is 11.5 Å². The lowest BCUT2D eigenvalue weighted by molar-refractivity contribution is -0.132. The van der Waals surface area contributed by atoms with Crippen LogP contribution in [0.2, 0.25) is 0 Å². The van der Waals surface area contributed by atoms with Gasteiger partial charge in [-0.1, -0.05) is 23.8 Å². The molecular formula is C23H26N2O5. The highest BCUT2D eigenvalue weighted by atomic mass is 16.5. The van der Waals surface area contributed by atoms with Crippen molar-refractivity contribution in [1.29, 1.82) is 0 Å². The van der Waals surface area contributed by atoms with Crippen LogP contribution in [0.3, 0.4) is 0 Å². The molecule has 7 heteroatoms. The third-order valence-corrected chi connectivity index (χ3v) is 4.88. The van der Waals surface area contributed by atoms with Crippen LogP contribution in [0.1, 0.15) is 35.7 Å². The number of hydrogen-bond donors (Lipinski definition) is 1. The zero-order chi connectivity index (χ0) is 21.5. The predicted molar refractivity (Wildman–Crippen MR) is 111 cm³/mol. The molecule has 0 unspecified atom stereocenters. The zero-order valence-electron chi connectivity index (χ0n) is 17.2. The summed E-state index contributed by atoms with van der Waals surface area (Å²) in [7, 11) is 0. The minimum Gasteiger partial charge on any atom is -0.484 e. The number of piperidine rings is 1. The summed E-state index contributed by atoms with van der Waals surface area (Å²) in [4.78, 5) is 37.7. The van der Waals surface area contributed by atoms with Crippen molar-refractivity contribution in [2.24, 2.45) is 0 Å². The minimum absolute atomic E-state index is 0.00977. The molecule has 1 heterocycles. The highest BCUT2D eigenvalue weighted by Gasteiger charge is 2.25. The van der Waals surface area contributed by atoms with E-state index in [4.69, 9.17) is 9.47 Å². The van der Waals surface area contributed by atoms with E-state index in [0.717, 1.165) is 5.56 Å². The zero-order valence-corrected chi connectivity index (χ0v) is 17.2. The lowest BCUT2D eigenvalue weighted by Gasteiger charge is -2.32. The highest BCUT2D eigenvalue weighted by molar-refractivity contribution is 5.94. The van der Waals surface area contributed by atoms with Crippen molar-refractivity contribution < 1.29 is 23.9 Å². The van der Waals surface area contributed by atoms with Crippen molar-refractivity contribution in [3.63, 3.8) is 0 Å². The number of aryl methyl sites for hydroxylation is 1. The first-order valence-electron chi connectivity index (χ1n) is 9.97. The lowest BCUT2D eigenvalue weighted by Crippen LogP contribution is -2.47. The summed E-state index contributed by atoms with van der Waals surface area (Å²) >= 11 is 0. The third kappa shape index (κ3) is 6.07. The fourth-order valence-electron chi connectivity index (χ4n) is 3.32. The van der Waals surface area contributed by atoms with E-state index in [0.29, 0.717) is 43.0 Å². The molecule has 0 aliphatic carbocycles. The molecule has 1 fully saturated rings. The molecule has 0 saturated carbocycles. The number of benzene rings is 2. The number of carbonyl (C=O) groups excluding carboxylic acids is 3. The molecule has 0 spiro atoms. The maximum Gasteiger partial charge on any atom is 0.308 e. The normalized spacial score (nSPS) is 14.1. The topological polar surface area (TPSA) is 84.9 Å². The van der Waals surface area contributed by atoms with Gasteiger partial charge in [0.2, 0.25) is 0 Å². The summed E-state index contributed by atoms with van der Waals surface area (Å²) in [6.07, 6.45) is 1.34. The monoisotopic (exact) mass is 410 g/mol. The molecule has 1 aliphatic rings. The van der Waals surface area contributed by atoms with Crippen LogP contribution < -0.4 is 14.8 Å². The molecular weight excluding hydrogens is 384 g/mol. The Morgan fingerprint density at radius 1 is 1.03 bits per heavy atom. The van der Waals surface area contributed by atoms with Crippen LogP contribution in [0.25, 0.3) is 0 Å². The molecule has 2 aromatic carbocycles. The molecule has 1 saturated heterocycles. The Hall–Kier alpha value is -3.35. The second kappa shape index (κ2) is 9.91. The van der Waals surface area contributed by atoms with Gasteiger partial charge < -0.3 is 19.7 Å². The summed E-state index contributed by atoms with van der Waals surface area (Å²) in [6.45, 7) is 4.36. The number of nitrogens with zero attached hydrogens (tertiary/aromatic N) is 1. The second-order valence-electron chi connectivity index (χ2n) is 7.36. The molecule has 3 rings (SSSR count). The number of hydrogen-bond acceptors (Lipinski definition) is 5. The Bertz CT molecular complexity index is 902. The van der Waals surface area contributed by atoms with Gasteiger partial charge in [0.1, 0.15) is 11.5 Å². The Morgan fingerprint density at radius 3 is 2.40 bits per heavy atom. The number of likely N-dealkylation sites (tertiary alicyclic amines) is 1. The molecule has 0 bridgehead atoms. The van der Waals surface area contributed by atoms with Gasteiger partial charge in [0.25, 0.3) is 11.8 Å². The van der Waals surface area contributed by atoms with Crippen molar-refractivity contribution >= 4 is 17.8 Å². The molecule has 0 aromatic heterocycles. The molecule has 2 aromatic rings. The Kier molecular flexibility index (Phi) is 7.06. The Morgan fingerprint density at radius 2 is 1.73 bits per heavy atom. The van der Waals surface area contributed by atoms with Crippen LogP contribution in [-0.4, -0.2) is 48.4 Å². The van der Waals surface area contributed by atoms with Gasteiger partial charge in [-0.2, -0.15) is 0 Å². The van der Waals surface area contributed by atoms with Gasteiger partial charge in [0, 0.05) is 31.6 Å². The van der Waals surface area contributed by atoms with Crippen molar-refractivity contribution in [1.82, 2.24) is 10.2 Å². The number of rotatable bonds is 6. The fourth-order valence-corrected chi connectivity index (χ4v) is 3.32. The van der Waals surface area contributed by atoms with Gasteiger partial charge in [0.15, 0.2) is 6.61 Å². The second-order valence-corrected chi connectivity index (χ2v) is 7.36. The van der Waals surface area contributed by atoms with Gasteiger partial charge in [-0.3, -0.25) is 14.4 Å². The maximum atomic E-state index is 12.7. The molecule has 30 heavy (non-hydrogen) atoms. The number of carbonyl (C=O) groups is 3. The van der Waals surface area contributed by atoms with Crippen LogP contribution in [0.15, 0.2) is 48.5 Å². The average molecular weight is 410 g/mol. The van der Waals surface area contributed by atoms with Crippen LogP contribution in [0, 0.1) is 6.92 Å². The predicted octanol–water partition coefficient (Wildman–Crippen LogP) is 2.72. The Balaban J connectivity index is 1.45. The van der Waals surface area contributed by atoms with Gasteiger partial charge in [-0.05, 0) is 50.1 Å². The molecule has 0 atom stereocenters. The molecule has 1 aliphatic heterocycles. The first-order valence-corrected chi connectivity index (χ1v) is 9.97. The van der Waals surface area contributed by atoms with Crippen LogP contribution in [0.4, 0.5) is 0 Å². The summed E-state index contributed by atoms with van der Waals surface area (Å²) < 4.78 is 10.6. The maximum absolute atomic E-state index is 12.7. The van der Waals surface area contributed by atoms with E-state index in [-0.39, 0.29) is 24.5 Å². The molecule has 7 nitrogen and oxygen atoms in total. The number of ether oxygens (including phenoxy) is 2. The van der Waals surface area contributed by atoms with Crippen LogP contribution in [-0.2, 0) is 9.59 Å². The van der Waals surface area contributed by atoms with Gasteiger partial charge in [-0.15, -0.1) is 0 Å². The van der Waals surface area contributed by atoms with Crippen molar-refractivity contribution in [2.75, 3.05) is 19.7 Å². The smallest absolute Gasteiger partial charge is 0.308 e. The molecule has 2 amide bonds. The van der Waals surface area contributed by atoms with E-state index in [9.17, 15) is 14.4 Å². The van der Waals surface area contributed by atoms with Gasteiger partial charge >= 0.3 is 5.97 Å². The third-order valence-electron chi connectivity index (χ3n) is 4.88. The summed E-state index contributed by atoms with van der Waals surface area (Å²) in [5, 5.41) is 2.97. The van der Waals surface area contributed by atoms with Crippen LogP contribution >= 0.6 is 0 Å². The summed E-state index contributed by atoms with van der Waals surface area (Å²) in [5.41, 5.74) is 1.61. The SMILES string of the molecule is CC(=O)Oc1cccc(C(=O)N2CCC(NC(=O)COc3ccc(C)cc3)CC2)c1. The number of esters is 1. The van der Waals surface area contributed by atoms with Gasteiger partial charge in [0.05, 0.1) is 0 Å².